The second-order valence-corrected chi connectivity index (χ2v) is 13.7. The van der Waals surface area contributed by atoms with Crippen molar-refractivity contribution in [2.24, 2.45) is 10.8 Å². The van der Waals surface area contributed by atoms with Gasteiger partial charge in [0.1, 0.15) is 25.4 Å². The fourth-order valence-corrected chi connectivity index (χ4v) is 8.34. The van der Waals surface area contributed by atoms with Crippen LogP contribution in [0.4, 0.5) is 0 Å². The van der Waals surface area contributed by atoms with Crippen LogP contribution in [0.5, 0.6) is 0 Å². The lowest BCUT2D eigenvalue weighted by molar-refractivity contribution is -0.296. The average molecular weight is 535 g/mol. The van der Waals surface area contributed by atoms with Crippen molar-refractivity contribution in [1.29, 1.82) is 0 Å². The Hall–Kier alpha value is -0.400. The maximum absolute atomic E-state index is 13.5. The lowest BCUT2D eigenvalue weighted by Crippen LogP contribution is -2.42. The molecule has 2 saturated heterocycles. The number of halogens is 2. The number of phosphoric acid groups is 2. The molecule has 33 heavy (non-hydrogen) atoms. The summed E-state index contributed by atoms with van der Waals surface area (Å²) >= 11 is 12.7. The van der Waals surface area contributed by atoms with Gasteiger partial charge in [-0.3, -0.25) is 0 Å². The van der Waals surface area contributed by atoms with E-state index >= 15 is 0 Å². The Morgan fingerprint density at radius 2 is 1.12 bits per heavy atom. The van der Waals surface area contributed by atoms with Crippen LogP contribution < -0.4 is 9.79 Å². The molecular weight excluding hydrogens is 509 g/mol. The van der Waals surface area contributed by atoms with Gasteiger partial charge in [0, 0.05) is 36.3 Å². The fraction of sp³-hybridized carbons (Fsp3) is 0.455. The van der Waals surface area contributed by atoms with Crippen LogP contribution in [-0.4, -0.2) is 13.2 Å². The van der Waals surface area contributed by atoms with Crippen molar-refractivity contribution in [1.82, 2.24) is 0 Å². The smallest absolute Gasteiger partial charge is 0.437 e. The molecule has 0 N–H and O–H groups in total. The number of rotatable bonds is 4. The van der Waals surface area contributed by atoms with Crippen LogP contribution in [0.3, 0.4) is 0 Å². The number of benzene rings is 2. The zero-order valence-electron chi connectivity index (χ0n) is 18.7. The SMILES string of the molecule is CC1(C)CO[P+]([O-])(O[P+]2([O-])OCC(C)(C)[C@H](c3ccccc3Cl)O2)O[C@H]1c1ccccc1Cl. The molecule has 7 nitrogen and oxygen atoms in total. The molecule has 180 valence electrons. The van der Waals surface area contributed by atoms with Gasteiger partial charge in [0.05, 0.1) is 0 Å². The summed E-state index contributed by atoms with van der Waals surface area (Å²) in [5.74, 6) is 0. The van der Waals surface area contributed by atoms with Crippen molar-refractivity contribution in [3.05, 3.63) is 69.7 Å². The van der Waals surface area contributed by atoms with E-state index in [-0.39, 0.29) is 13.2 Å². The fourth-order valence-electron chi connectivity index (χ4n) is 3.79. The first-order valence-electron chi connectivity index (χ1n) is 10.4. The predicted octanol–water partition coefficient (Wildman–Crippen LogP) is 6.01. The van der Waals surface area contributed by atoms with E-state index in [0.29, 0.717) is 21.2 Å². The Kier molecular flexibility index (Phi) is 7.19. The molecule has 2 unspecified atom stereocenters. The highest BCUT2D eigenvalue weighted by Crippen LogP contribution is 2.77. The summed E-state index contributed by atoms with van der Waals surface area (Å²) in [7, 11) is -8.69. The van der Waals surface area contributed by atoms with E-state index in [2.05, 4.69) is 0 Å². The minimum atomic E-state index is -4.35. The number of phosphoric ester groups is 2. The molecule has 11 heteroatoms. The monoisotopic (exact) mass is 534 g/mol. The van der Waals surface area contributed by atoms with Crippen molar-refractivity contribution in [2.75, 3.05) is 13.2 Å². The molecule has 2 heterocycles. The summed E-state index contributed by atoms with van der Waals surface area (Å²) in [5.41, 5.74) is 0.0607. The molecule has 2 aromatic carbocycles. The van der Waals surface area contributed by atoms with Crippen LogP contribution in [0.25, 0.3) is 0 Å². The van der Waals surface area contributed by atoms with Gasteiger partial charge in [-0.1, -0.05) is 87.3 Å². The lowest BCUT2D eigenvalue weighted by atomic mass is 9.83. The second-order valence-electron chi connectivity index (χ2n) is 9.51. The standard InChI is InChI=1S/C22H26Cl2O7P2/c1-21(2)13-27-32(25,29-19(21)15-9-5-7-11-17(15)23)31-33(26)28-14-22(3,4)20(30-33)16-10-6-8-12-18(16)24/h5-12,19-20H,13-14H2,1-4H3/t19-,20-,32?,33?/m0/s1. The summed E-state index contributed by atoms with van der Waals surface area (Å²) in [6.07, 6.45) is -1.48. The number of hydrogen-bond donors (Lipinski definition) is 0. The first-order valence-corrected chi connectivity index (χ1v) is 14.1. The van der Waals surface area contributed by atoms with Gasteiger partial charge in [-0.25, -0.2) is 0 Å². The molecule has 4 rings (SSSR count). The van der Waals surface area contributed by atoms with E-state index in [9.17, 15) is 9.79 Å². The molecule has 2 fully saturated rings. The molecular formula is C22H26Cl2O7P2. The Bertz CT molecular complexity index is 944. The van der Waals surface area contributed by atoms with Crippen LogP contribution in [0.15, 0.2) is 48.5 Å². The lowest BCUT2D eigenvalue weighted by Gasteiger charge is -2.45. The van der Waals surface area contributed by atoms with Crippen LogP contribution in [0, 0.1) is 10.8 Å². The minimum absolute atomic E-state index is 0.0135. The highest BCUT2D eigenvalue weighted by Gasteiger charge is 2.62. The summed E-state index contributed by atoms with van der Waals surface area (Å²) in [5, 5.41) is 0.891. The highest BCUT2D eigenvalue weighted by molar-refractivity contribution is 7.67. The van der Waals surface area contributed by atoms with E-state index in [4.69, 9.17) is 45.6 Å². The molecule has 2 aliphatic rings. The van der Waals surface area contributed by atoms with Crippen LogP contribution in [-0.2, 0) is 22.4 Å². The minimum Gasteiger partial charge on any atom is -0.602 e. The van der Waals surface area contributed by atoms with Gasteiger partial charge in [0.15, 0.2) is 0 Å². The van der Waals surface area contributed by atoms with E-state index in [0.717, 1.165) is 0 Å². The second kappa shape index (κ2) is 9.24. The maximum atomic E-state index is 13.5. The van der Waals surface area contributed by atoms with E-state index in [1.165, 1.54) is 0 Å². The third-order valence-electron chi connectivity index (χ3n) is 5.65. The van der Waals surface area contributed by atoms with Gasteiger partial charge in [-0.2, -0.15) is 18.1 Å². The Labute approximate surface area is 205 Å². The van der Waals surface area contributed by atoms with Gasteiger partial charge < -0.3 is 9.79 Å². The Morgan fingerprint density at radius 1 is 0.758 bits per heavy atom. The molecule has 0 amide bonds. The predicted molar refractivity (Wildman–Crippen MR) is 125 cm³/mol. The summed E-state index contributed by atoms with van der Waals surface area (Å²) < 4.78 is 28.0. The quantitative estimate of drug-likeness (QED) is 0.443. The van der Waals surface area contributed by atoms with Gasteiger partial charge in [-0.15, -0.1) is 0 Å². The third kappa shape index (κ3) is 5.40. The maximum Gasteiger partial charge on any atom is 0.437 e. The first-order chi connectivity index (χ1) is 15.3. The van der Waals surface area contributed by atoms with E-state index < -0.39 is 39.4 Å². The van der Waals surface area contributed by atoms with E-state index in [1.54, 1.807) is 48.5 Å². The molecule has 0 aliphatic carbocycles. The number of hydrogen-bond acceptors (Lipinski definition) is 7. The van der Waals surface area contributed by atoms with Crippen molar-refractivity contribution in [2.45, 2.75) is 39.9 Å². The zero-order chi connectivity index (χ0) is 24.1. The van der Waals surface area contributed by atoms with Crippen LogP contribution in [0.1, 0.15) is 51.0 Å². The highest BCUT2D eigenvalue weighted by atomic mass is 35.5. The summed E-state index contributed by atoms with van der Waals surface area (Å²) in [4.78, 5) is 27.0. The van der Waals surface area contributed by atoms with Crippen molar-refractivity contribution >= 4 is 39.5 Å². The normalized spacial score (nSPS) is 33.6. The average Bonchev–Trinajstić information content (AvgIpc) is 2.73. The molecule has 0 radical (unpaired) electrons. The largest absolute Gasteiger partial charge is 0.602 e. The molecule has 0 spiro atoms. The van der Waals surface area contributed by atoms with E-state index in [1.807, 2.05) is 27.7 Å². The van der Waals surface area contributed by atoms with Crippen molar-refractivity contribution in [3.63, 3.8) is 0 Å². The van der Waals surface area contributed by atoms with Crippen molar-refractivity contribution < 1.29 is 32.2 Å². The molecule has 0 saturated carbocycles. The Morgan fingerprint density at radius 3 is 1.48 bits per heavy atom. The Balaban J connectivity index is 1.59. The van der Waals surface area contributed by atoms with Crippen LogP contribution in [0.2, 0.25) is 10.0 Å². The van der Waals surface area contributed by atoms with Crippen LogP contribution >= 0.6 is 39.5 Å². The molecule has 2 aromatic rings. The van der Waals surface area contributed by atoms with Gasteiger partial charge in [0.2, 0.25) is 0 Å². The van der Waals surface area contributed by atoms with Crippen molar-refractivity contribution in [3.8, 4) is 0 Å². The van der Waals surface area contributed by atoms with Gasteiger partial charge in [-0.05, 0) is 12.1 Å². The molecule has 0 aromatic heterocycles. The molecule has 2 aliphatic heterocycles. The van der Waals surface area contributed by atoms with Gasteiger partial charge in [0.25, 0.3) is 0 Å². The molecule has 0 bridgehead atoms. The summed E-state index contributed by atoms with van der Waals surface area (Å²) in [6, 6.07) is 14.1. The third-order valence-corrected chi connectivity index (χ3v) is 9.77. The zero-order valence-corrected chi connectivity index (χ0v) is 22.0. The van der Waals surface area contributed by atoms with Gasteiger partial charge >= 0.3 is 16.3 Å². The summed E-state index contributed by atoms with van der Waals surface area (Å²) in [6.45, 7) is 7.57. The topological polar surface area (TPSA) is 92.3 Å². The first kappa shape index (κ1) is 25.7. The molecule has 4 atom stereocenters.